The molecule has 0 aliphatic rings. The molecule has 0 N–H and O–H groups in total. The summed E-state index contributed by atoms with van der Waals surface area (Å²) in [5.74, 6) is -0.0973. The summed E-state index contributed by atoms with van der Waals surface area (Å²) in [7, 11) is 1.75. The summed E-state index contributed by atoms with van der Waals surface area (Å²) in [6, 6.07) is 15.0. The van der Waals surface area contributed by atoms with Gasteiger partial charge in [-0.2, -0.15) is 0 Å². The Morgan fingerprint density at radius 3 is 2.41 bits per heavy atom. The van der Waals surface area contributed by atoms with Crippen molar-refractivity contribution in [2.75, 3.05) is 11.9 Å². The van der Waals surface area contributed by atoms with Gasteiger partial charge in [0.25, 0.3) is 5.91 Å². The second kappa shape index (κ2) is 4.78. The maximum Gasteiger partial charge on any atom is 0.276 e. The highest BCUT2D eigenvalue weighted by molar-refractivity contribution is 6.04. The SMILES string of the molecule is Cc1cccc(C(=O)N(C)c2ccccc2)n1. The van der Waals surface area contributed by atoms with Gasteiger partial charge in [0.15, 0.2) is 0 Å². The van der Waals surface area contributed by atoms with E-state index in [1.807, 2.05) is 49.4 Å². The average Bonchev–Trinajstić information content (AvgIpc) is 2.38. The Morgan fingerprint density at radius 1 is 1.06 bits per heavy atom. The van der Waals surface area contributed by atoms with Crippen LogP contribution in [0, 0.1) is 6.92 Å². The molecule has 1 aromatic heterocycles. The number of hydrogen-bond donors (Lipinski definition) is 0. The van der Waals surface area contributed by atoms with Gasteiger partial charge >= 0.3 is 0 Å². The molecule has 0 bridgehead atoms. The first kappa shape index (κ1) is 11.3. The van der Waals surface area contributed by atoms with Crippen LogP contribution in [-0.4, -0.2) is 17.9 Å². The van der Waals surface area contributed by atoms with Crippen LogP contribution in [0.2, 0.25) is 0 Å². The van der Waals surface area contributed by atoms with Gasteiger partial charge in [0.05, 0.1) is 0 Å². The van der Waals surface area contributed by atoms with E-state index in [4.69, 9.17) is 0 Å². The number of hydrogen-bond acceptors (Lipinski definition) is 2. The van der Waals surface area contributed by atoms with Gasteiger partial charge in [0.1, 0.15) is 5.69 Å². The van der Waals surface area contributed by atoms with E-state index in [1.165, 1.54) is 0 Å². The molecular formula is C14H14N2O. The number of nitrogens with zero attached hydrogens (tertiary/aromatic N) is 2. The van der Waals surface area contributed by atoms with E-state index >= 15 is 0 Å². The molecule has 0 saturated heterocycles. The molecule has 1 aromatic carbocycles. The van der Waals surface area contributed by atoms with Gasteiger partial charge in [-0.1, -0.05) is 24.3 Å². The standard InChI is InChI=1S/C14H14N2O/c1-11-7-6-10-13(15-11)14(17)16(2)12-8-4-3-5-9-12/h3-10H,1-2H3. The zero-order valence-corrected chi connectivity index (χ0v) is 9.92. The molecule has 0 radical (unpaired) electrons. The summed E-state index contributed by atoms with van der Waals surface area (Å²) < 4.78 is 0. The number of aromatic nitrogens is 1. The number of aryl methyl sites for hydroxylation is 1. The molecule has 0 fully saturated rings. The van der Waals surface area contributed by atoms with Gasteiger partial charge in [-0.3, -0.25) is 4.79 Å². The minimum absolute atomic E-state index is 0.0973. The number of carbonyl (C=O) groups excluding carboxylic acids is 1. The molecule has 0 aliphatic carbocycles. The van der Waals surface area contributed by atoms with Crippen LogP contribution in [0.3, 0.4) is 0 Å². The molecule has 1 amide bonds. The van der Waals surface area contributed by atoms with Crippen LogP contribution in [-0.2, 0) is 0 Å². The van der Waals surface area contributed by atoms with Crippen molar-refractivity contribution in [1.29, 1.82) is 0 Å². The fraction of sp³-hybridized carbons (Fsp3) is 0.143. The van der Waals surface area contributed by atoms with Gasteiger partial charge in [-0.05, 0) is 31.2 Å². The molecule has 0 atom stereocenters. The lowest BCUT2D eigenvalue weighted by Crippen LogP contribution is -2.27. The molecule has 17 heavy (non-hydrogen) atoms. The van der Waals surface area contributed by atoms with Gasteiger partial charge in [0, 0.05) is 18.4 Å². The van der Waals surface area contributed by atoms with E-state index in [9.17, 15) is 4.79 Å². The molecule has 3 heteroatoms. The quantitative estimate of drug-likeness (QED) is 0.788. The minimum Gasteiger partial charge on any atom is -0.310 e. The van der Waals surface area contributed by atoms with Crippen molar-refractivity contribution in [2.24, 2.45) is 0 Å². The second-order valence-corrected chi connectivity index (χ2v) is 3.86. The number of carbonyl (C=O) groups is 1. The lowest BCUT2D eigenvalue weighted by molar-refractivity contribution is 0.0988. The zero-order chi connectivity index (χ0) is 12.3. The highest BCUT2D eigenvalue weighted by Gasteiger charge is 2.14. The molecule has 2 rings (SSSR count). The molecule has 0 saturated carbocycles. The Bertz CT molecular complexity index is 523. The molecule has 2 aromatic rings. The highest BCUT2D eigenvalue weighted by atomic mass is 16.2. The predicted molar refractivity (Wildman–Crippen MR) is 68.1 cm³/mol. The maximum absolute atomic E-state index is 12.2. The molecule has 1 heterocycles. The molecular weight excluding hydrogens is 212 g/mol. The number of rotatable bonds is 2. The Morgan fingerprint density at radius 2 is 1.76 bits per heavy atom. The van der Waals surface area contributed by atoms with E-state index in [-0.39, 0.29) is 5.91 Å². The number of para-hydroxylation sites is 1. The molecule has 3 nitrogen and oxygen atoms in total. The Hall–Kier alpha value is -2.16. The fourth-order valence-electron chi connectivity index (χ4n) is 1.60. The first-order valence-corrected chi connectivity index (χ1v) is 5.45. The molecule has 0 aliphatic heterocycles. The smallest absolute Gasteiger partial charge is 0.276 e. The average molecular weight is 226 g/mol. The third-order valence-corrected chi connectivity index (χ3v) is 2.56. The van der Waals surface area contributed by atoms with Crippen molar-refractivity contribution >= 4 is 11.6 Å². The maximum atomic E-state index is 12.2. The lowest BCUT2D eigenvalue weighted by atomic mass is 10.2. The first-order chi connectivity index (χ1) is 8.18. The summed E-state index contributed by atoms with van der Waals surface area (Å²) in [6.07, 6.45) is 0. The van der Waals surface area contributed by atoms with Crippen molar-refractivity contribution < 1.29 is 4.79 Å². The van der Waals surface area contributed by atoms with E-state index in [0.717, 1.165) is 11.4 Å². The fourth-order valence-corrected chi connectivity index (χ4v) is 1.60. The number of amides is 1. The number of benzene rings is 1. The van der Waals surface area contributed by atoms with Gasteiger partial charge in [0.2, 0.25) is 0 Å². The topological polar surface area (TPSA) is 33.2 Å². The van der Waals surface area contributed by atoms with Crippen molar-refractivity contribution in [1.82, 2.24) is 4.98 Å². The van der Waals surface area contributed by atoms with E-state index in [1.54, 1.807) is 18.0 Å². The Labute approximate surface area is 101 Å². The Kier molecular flexibility index (Phi) is 3.19. The summed E-state index contributed by atoms with van der Waals surface area (Å²) in [5.41, 5.74) is 2.18. The summed E-state index contributed by atoms with van der Waals surface area (Å²) in [6.45, 7) is 1.87. The van der Waals surface area contributed by atoms with E-state index in [0.29, 0.717) is 5.69 Å². The van der Waals surface area contributed by atoms with Crippen molar-refractivity contribution in [3.8, 4) is 0 Å². The highest BCUT2D eigenvalue weighted by Crippen LogP contribution is 2.13. The van der Waals surface area contributed by atoms with Crippen molar-refractivity contribution in [3.63, 3.8) is 0 Å². The van der Waals surface area contributed by atoms with Crippen LogP contribution in [0.25, 0.3) is 0 Å². The largest absolute Gasteiger partial charge is 0.310 e. The van der Waals surface area contributed by atoms with Gasteiger partial charge in [-0.15, -0.1) is 0 Å². The summed E-state index contributed by atoms with van der Waals surface area (Å²) >= 11 is 0. The van der Waals surface area contributed by atoms with E-state index < -0.39 is 0 Å². The number of pyridine rings is 1. The lowest BCUT2D eigenvalue weighted by Gasteiger charge is -2.16. The summed E-state index contributed by atoms with van der Waals surface area (Å²) in [4.78, 5) is 18.0. The Balaban J connectivity index is 2.27. The van der Waals surface area contributed by atoms with Crippen LogP contribution in [0.4, 0.5) is 5.69 Å². The van der Waals surface area contributed by atoms with Crippen LogP contribution in [0.1, 0.15) is 16.2 Å². The van der Waals surface area contributed by atoms with Crippen molar-refractivity contribution in [2.45, 2.75) is 6.92 Å². The van der Waals surface area contributed by atoms with Gasteiger partial charge < -0.3 is 4.90 Å². The zero-order valence-electron chi connectivity index (χ0n) is 9.92. The third kappa shape index (κ3) is 2.50. The third-order valence-electron chi connectivity index (χ3n) is 2.56. The van der Waals surface area contributed by atoms with Crippen LogP contribution in [0.5, 0.6) is 0 Å². The van der Waals surface area contributed by atoms with Crippen LogP contribution in [0.15, 0.2) is 48.5 Å². The minimum atomic E-state index is -0.0973. The second-order valence-electron chi connectivity index (χ2n) is 3.86. The molecule has 0 unspecified atom stereocenters. The van der Waals surface area contributed by atoms with E-state index in [2.05, 4.69) is 4.98 Å². The summed E-state index contributed by atoms with van der Waals surface area (Å²) in [5, 5.41) is 0. The van der Waals surface area contributed by atoms with Crippen LogP contribution < -0.4 is 4.90 Å². The van der Waals surface area contributed by atoms with Crippen molar-refractivity contribution in [3.05, 3.63) is 59.9 Å². The molecule has 86 valence electrons. The monoisotopic (exact) mass is 226 g/mol. The molecule has 0 spiro atoms. The first-order valence-electron chi connectivity index (χ1n) is 5.45. The predicted octanol–water partition coefficient (Wildman–Crippen LogP) is 2.67. The number of anilines is 1. The van der Waals surface area contributed by atoms with Crippen LogP contribution >= 0.6 is 0 Å². The van der Waals surface area contributed by atoms with Gasteiger partial charge in [-0.25, -0.2) is 4.98 Å². The normalized spacial score (nSPS) is 10.0.